The van der Waals surface area contributed by atoms with Crippen LogP contribution in [0.1, 0.15) is 0 Å². The summed E-state index contributed by atoms with van der Waals surface area (Å²) in [6, 6.07) is 54.3. The minimum absolute atomic E-state index is 0.161. The van der Waals surface area contributed by atoms with Gasteiger partial charge in [0.1, 0.15) is 17.1 Å². The highest BCUT2D eigenvalue weighted by Gasteiger charge is 2.21. The Morgan fingerprint density at radius 2 is 1.24 bits per heavy atom. The van der Waals surface area contributed by atoms with Gasteiger partial charge in [-0.1, -0.05) is 109 Å². The van der Waals surface area contributed by atoms with Crippen molar-refractivity contribution in [1.82, 2.24) is 19.5 Å². The summed E-state index contributed by atoms with van der Waals surface area (Å²) in [5, 5.41) is 16.3. The molecule has 0 radical (unpaired) electrons. The summed E-state index contributed by atoms with van der Waals surface area (Å²) in [6.45, 7) is 0. The van der Waals surface area contributed by atoms with Crippen LogP contribution in [0.15, 0.2) is 158 Å². The van der Waals surface area contributed by atoms with Crippen LogP contribution in [-0.2, 0) is 0 Å². The number of phenols is 1. The highest BCUT2D eigenvalue weighted by molar-refractivity contribution is 6.15. The van der Waals surface area contributed by atoms with Crippen LogP contribution in [-0.4, -0.2) is 24.6 Å². The fourth-order valence-corrected chi connectivity index (χ4v) is 7.28. The van der Waals surface area contributed by atoms with Crippen molar-refractivity contribution in [1.29, 1.82) is 0 Å². The van der Waals surface area contributed by atoms with Crippen molar-refractivity contribution in [3.8, 4) is 45.2 Å². The molecule has 0 fully saturated rings. The molecule has 0 saturated heterocycles. The number of rotatable bonds is 4. The highest BCUT2D eigenvalue weighted by atomic mass is 16.3. The molecule has 0 spiro atoms. The van der Waals surface area contributed by atoms with Gasteiger partial charge in [-0.15, -0.1) is 0 Å². The van der Waals surface area contributed by atoms with Gasteiger partial charge in [-0.3, -0.25) is 4.57 Å². The molecule has 0 aliphatic heterocycles. The first kappa shape index (κ1) is 27.4. The number of aromatic hydroxyl groups is 1. The fraction of sp³-hybridized carbons (Fsp3) is 0. The molecule has 10 rings (SSSR count). The monoisotopic (exact) mass is 628 g/mol. The number of aromatic amines is 1. The Morgan fingerprint density at radius 3 is 2.14 bits per heavy atom. The zero-order chi connectivity index (χ0) is 32.5. The van der Waals surface area contributed by atoms with E-state index in [0.29, 0.717) is 5.52 Å². The predicted octanol–water partition coefficient (Wildman–Crippen LogP) is 11.1. The third kappa shape index (κ3) is 4.33. The third-order valence-electron chi connectivity index (χ3n) is 9.61. The first-order chi connectivity index (χ1) is 24.2. The lowest BCUT2D eigenvalue weighted by Crippen LogP contribution is -1.98. The molecule has 5 nitrogen and oxygen atoms in total. The molecular formula is C44H28N4O. The molecule has 5 heteroatoms. The Labute approximate surface area is 281 Å². The molecule has 0 amide bonds. The summed E-state index contributed by atoms with van der Waals surface area (Å²) >= 11 is 0. The van der Waals surface area contributed by atoms with Crippen LogP contribution in [0.3, 0.4) is 0 Å². The molecule has 10 aromatic rings. The van der Waals surface area contributed by atoms with Crippen LogP contribution in [0.4, 0.5) is 0 Å². The molecule has 0 saturated carbocycles. The Kier molecular flexibility index (Phi) is 5.96. The molecular weight excluding hydrogens is 601 g/mol. The molecule has 0 atom stereocenters. The van der Waals surface area contributed by atoms with Gasteiger partial charge in [0, 0.05) is 38.5 Å². The van der Waals surface area contributed by atoms with Crippen molar-refractivity contribution in [3.05, 3.63) is 158 Å². The van der Waals surface area contributed by atoms with E-state index < -0.39 is 0 Å². The molecule has 3 aromatic heterocycles. The number of benzene rings is 7. The van der Waals surface area contributed by atoms with E-state index in [2.05, 4.69) is 131 Å². The van der Waals surface area contributed by atoms with Gasteiger partial charge >= 0.3 is 0 Å². The van der Waals surface area contributed by atoms with Crippen LogP contribution in [0.25, 0.3) is 94.0 Å². The van der Waals surface area contributed by atoms with E-state index >= 15 is 0 Å². The van der Waals surface area contributed by atoms with E-state index in [1.54, 1.807) is 6.07 Å². The SMILES string of the molecule is Oc1cccc2ccc(-c3cccc4c3nc(-c3cccc5c3[nH]c3cc6ccccc6cc35)n4-c3cccc(-c4ccccc4)c3)nc12. The molecule has 0 bridgehead atoms. The standard InChI is InChI=1S/C44H28N4O/c49-40-21-7-14-28-22-23-37(45-41(28)40)34-18-9-20-39-43(34)47-44(48(39)32-16-6-15-29(24-32)27-10-2-1-3-11-27)35-19-8-17-33-36-25-30-12-4-5-13-31(30)26-38(36)46-42(33)35/h1-26,46,49H. The van der Waals surface area contributed by atoms with E-state index in [9.17, 15) is 5.11 Å². The van der Waals surface area contributed by atoms with Gasteiger partial charge in [-0.2, -0.15) is 0 Å². The van der Waals surface area contributed by atoms with Gasteiger partial charge in [0.25, 0.3) is 0 Å². The van der Waals surface area contributed by atoms with Crippen molar-refractivity contribution < 1.29 is 5.11 Å². The maximum Gasteiger partial charge on any atom is 0.147 e. The number of pyridine rings is 1. The van der Waals surface area contributed by atoms with Crippen molar-refractivity contribution in [3.63, 3.8) is 0 Å². The number of imidazole rings is 1. The zero-order valence-corrected chi connectivity index (χ0v) is 26.3. The number of nitrogens with one attached hydrogen (secondary N) is 1. The number of H-pyrrole nitrogens is 1. The average molecular weight is 629 g/mol. The van der Waals surface area contributed by atoms with Crippen LogP contribution in [0, 0.1) is 0 Å². The number of hydrogen-bond donors (Lipinski definition) is 2. The quantitative estimate of drug-likeness (QED) is 0.204. The third-order valence-corrected chi connectivity index (χ3v) is 9.61. The second-order valence-electron chi connectivity index (χ2n) is 12.5. The van der Waals surface area contributed by atoms with E-state index in [1.165, 1.54) is 16.2 Å². The van der Waals surface area contributed by atoms with E-state index in [1.807, 2.05) is 30.3 Å². The highest BCUT2D eigenvalue weighted by Crippen LogP contribution is 2.40. The lowest BCUT2D eigenvalue weighted by molar-refractivity contribution is 0.480. The van der Waals surface area contributed by atoms with Crippen molar-refractivity contribution >= 4 is 54.5 Å². The summed E-state index contributed by atoms with van der Waals surface area (Å²) in [5.41, 5.74) is 10.5. The number of nitrogens with zero attached hydrogens (tertiary/aromatic N) is 3. The molecule has 0 aliphatic rings. The molecule has 0 unspecified atom stereocenters. The first-order valence-corrected chi connectivity index (χ1v) is 16.4. The maximum atomic E-state index is 10.7. The molecule has 49 heavy (non-hydrogen) atoms. The largest absolute Gasteiger partial charge is 0.506 e. The Hall–Kier alpha value is -6.72. The number of fused-ring (bicyclic) bond motifs is 6. The van der Waals surface area contributed by atoms with Crippen LogP contribution in [0.2, 0.25) is 0 Å². The van der Waals surface area contributed by atoms with Crippen molar-refractivity contribution in [2.75, 3.05) is 0 Å². The Balaban J connectivity index is 1.27. The van der Waals surface area contributed by atoms with E-state index in [0.717, 1.165) is 72.3 Å². The lowest BCUT2D eigenvalue weighted by atomic mass is 10.0. The first-order valence-electron chi connectivity index (χ1n) is 16.4. The van der Waals surface area contributed by atoms with Crippen LogP contribution in [0.5, 0.6) is 5.75 Å². The molecule has 2 N–H and O–H groups in total. The normalized spacial score (nSPS) is 11.8. The smallest absolute Gasteiger partial charge is 0.147 e. The maximum absolute atomic E-state index is 10.7. The van der Waals surface area contributed by atoms with Crippen LogP contribution < -0.4 is 0 Å². The Bertz CT molecular complexity index is 2900. The topological polar surface area (TPSA) is 66.7 Å². The van der Waals surface area contributed by atoms with Crippen LogP contribution >= 0.6 is 0 Å². The molecule has 230 valence electrons. The second kappa shape index (κ2) is 10.7. The summed E-state index contributed by atoms with van der Waals surface area (Å²) < 4.78 is 2.26. The molecule has 0 aliphatic carbocycles. The number of para-hydroxylation sites is 3. The van der Waals surface area contributed by atoms with Crippen molar-refractivity contribution in [2.45, 2.75) is 0 Å². The van der Waals surface area contributed by atoms with Gasteiger partial charge in [0.15, 0.2) is 0 Å². The predicted molar refractivity (Wildman–Crippen MR) is 201 cm³/mol. The molecule has 3 heterocycles. The van der Waals surface area contributed by atoms with Gasteiger partial charge in [0.2, 0.25) is 0 Å². The van der Waals surface area contributed by atoms with Gasteiger partial charge in [-0.25, -0.2) is 9.97 Å². The zero-order valence-electron chi connectivity index (χ0n) is 26.3. The fourth-order valence-electron chi connectivity index (χ4n) is 7.28. The lowest BCUT2D eigenvalue weighted by Gasteiger charge is -2.12. The van der Waals surface area contributed by atoms with Gasteiger partial charge in [-0.05, 0) is 70.4 Å². The summed E-state index contributed by atoms with van der Waals surface area (Å²) in [7, 11) is 0. The van der Waals surface area contributed by atoms with Gasteiger partial charge < -0.3 is 10.1 Å². The van der Waals surface area contributed by atoms with Crippen molar-refractivity contribution in [2.24, 2.45) is 0 Å². The van der Waals surface area contributed by atoms with E-state index in [-0.39, 0.29) is 5.75 Å². The minimum atomic E-state index is 0.161. The number of phenolic OH excluding ortho intramolecular Hbond substituents is 1. The second-order valence-corrected chi connectivity index (χ2v) is 12.5. The number of hydrogen-bond acceptors (Lipinski definition) is 3. The summed E-state index contributed by atoms with van der Waals surface area (Å²) in [5.74, 6) is 0.992. The summed E-state index contributed by atoms with van der Waals surface area (Å²) in [4.78, 5) is 14.2. The van der Waals surface area contributed by atoms with Gasteiger partial charge in [0.05, 0.1) is 22.2 Å². The average Bonchev–Trinajstić information content (AvgIpc) is 3.73. The minimum Gasteiger partial charge on any atom is -0.506 e. The Morgan fingerprint density at radius 1 is 0.510 bits per heavy atom. The molecule has 7 aromatic carbocycles. The number of aromatic nitrogens is 4. The van der Waals surface area contributed by atoms with E-state index in [4.69, 9.17) is 9.97 Å². The summed E-state index contributed by atoms with van der Waals surface area (Å²) in [6.07, 6.45) is 0.